The van der Waals surface area contributed by atoms with Crippen molar-refractivity contribution in [3.8, 4) is 0 Å². The van der Waals surface area contributed by atoms with Gasteiger partial charge in [0.15, 0.2) is 0 Å². The van der Waals surface area contributed by atoms with Crippen LogP contribution in [0, 0.1) is 0 Å². The lowest BCUT2D eigenvalue weighted by Crippen LogP contribution is -2.42. The summed E-state index contributed by atoms with van der Waals surface area (Å²) in [6.45, 7) is 6.76. The molecule has 0 bridgehead atoms. The van der Waals surface area contributed by atoms with E-state index in [1.807, 2.05) is 13.8 Å². The van der Waals surface area contributed by atoms with Crippen molar-refractivity contribution in [3.05, 3.63) is 28.7 Å². The van der Waals surface area contributed by atoms with Crippen LogP contribution in [0.15, 0.2) is 33.6 Å². The molecule has 21 heavy (non-hydrogen) atoms. The van der Waals surface area contributed by atoms with Crippen LogP contribution in [0.1, 0.15) is 20.8 Å². The summed E-state index contributed by atoms with van der Waals surface area (Å²) in [6, 6.07) is 6.41. The molecule has 7 heteroatoms. The Labute approximate surface area is 135 Å². The molecule has 0 fully saturated rings. The molecule has 1 aromatic carbocycles. The molecule has 1 rings (SSSR count). The molecule has 0 spiro atoms. The highest BCUT2D eigenvalue weighted by molar-refractivity contribution is 9.10. The minimum atomic E-state index is -3.65. The Morgan fingerprint density at radius 3 is 2.00 bits per heavy atom. The van der Waals surface area contributed by atoms with Crippen LogP contribution in [0.3, 0.4) is 0 Å². The summed E-state index contributed by atoms with van der Waals surface area (Å²) < 4.78 is 27.1. The first-order chi connectivity index (χ1) is 9.86. The SMILES string of the molecule is CCN(CC)C(=O)CN(CC)S(=O)(=O)c1ccc(Br)cc1. The Balaban J connectivity index is 2.98. The first-order valence-electron chi connectivity index (χ1n) is 6.90. The van der Waals surface area contributed by atoms with Crippen molar-refractivity contribution in [2.45, 2.75) is 25.7 Å². The van der Waals surface area contributed by atoms with Gasteiger partial charge in [-0.05, 0) is 38.1 Å². The molecular weight excluding hydrogens is 356 g/mol. The van der Waals surface area contributed by atoms with Gasteiger partial charge in [0.05, 0.1) is 11.4 Å². The third-order valence-corrected chi connectivity index (χ3v) is 5.70. The highest BCUT2D eigenvalue weighted by atomic mass is 79.9. The van der Waals surface area contributed by atoms with E-state index in [-0.39, 0.29) is 23.9 Å². The zero-order chi connectivity index (χ0) is 16.0. The first-order valence-corrected chi connectivity index (χ1v) is 9.13. The van der Waals surface area contributed by atoms with Crippen molar-refractivity contribution >= 4 is 31.9 Å². The molecule has 1 amide bonds. The number of rotatable bonds is 7. The van der Waals surface area contributed by atoms with Crippen molar-refractivity contribution in [1.82, 2.24) is 9.21 Å². The largest absolute Gasteiger partial charge is 0.342 e. The fourth-order valence-electron chi connectivity index (χ4n) is 1.95. The van der Waals surface area contributed by atoms with Crippen molar-refractivity contribution in [2.24, 2.45) is 0 Å². The number of hydrogen-bond acceptors (Lipinski definition) is 3. The standard InChI is InChI=1S/C14H21BrN2O3S/c1-4-16(5-2)14(18)11-17(6-3)21(19,20)13-9-7-12(15)8-10-13/h7-10H,4-6,11H2,1-3H3. The monoisotopic (exact) mass is 376 g/mol. The maximum absolute atomic E-state index is 12.5. The third-order valence-electron chi connectivity index (χ3n) is 3.23. The summed E-state index contributed by atoms with van der Waals surface area (Å²) in [4.78, 5) is 13.9. The molecule has 5 nitrogen and oxygen atoms in total. The number of hydrogen-bond donors (Lipinski definition) is 0. The van der Waals surface area contributed by atoms with Crippen molar-refractivity contribution in [1.29, 1.82) is 0 Å². The van der Waals surface area contributed by atoms with E-state index in [4.69, 9.17) is 0 Å². The van der Waals surface area contributed by atoms with Crippen LogP contribution in [0.2, 0.25) is 0 Å². The Bertz CT molecular complexity index is 568. The summed E-state index contributed by atoms with van der Waals surface area (Å²) in [5, 5.41) is 0. The van der Waals surface area contributed by atoms with Crippen LogP contribution in [-0.4, -0.2) is 49.7 Å². The normalized spacial score (nSPS) is 11.7. The number of carbonyl (C=O) groups is 1. The Morgan fingerprint density at radius 1 is 1.05 bits per heavy atom. The second kappa shape index (κ2) is 7.91. The average Bonchev–Trinajstić information content (AvgIpc) is 2.46. The maximum Gasteiger partial charge on any atom is 0.243 e. The van der Waals surface area contributed by atoms with Crippen LogP contribution < -0.4 is 0 Å². The molecule has 0 aliphatic carbocycles. The second-order valence-electron chi connectivity index (χ2n) is 4.45. The molecule has 1 aromatic rings. The Kier molecular flexibility index (Phi) is 6.83. The molecule has 0 N–H and O–H groups in total. The average molecular weight is 377 g/mol. The van der Waals surface area contributed by atoms with Gasteiger partial charge in [0, 0.05) is 24.1 Å². The molecule has 0 saturated heterocycles. The number of likely N-dealkylation sites (N-methyl/N-ethyl adjacent to an activating group) is 2. The molecule has 0 unspecified atom stereocenters. The van der Waals surface area contributed by atoms with Crippen LogP contribution in [0.5, 0.6) is 0 Å². The van der Waals surface area contributed by atoms with E-state index in [0.29, 0.717) is 13.1 Å². The van der Waals surface area contributed by atoms with E-state index in [9.17, 15) is 13.2 Å². The molecule has 0 aromatic heterocycles. The second-order valence-corrected chi connectivity index (χ2v) is 7.30. The van der Waals surface area contributed by atoms with E-state index < -0.39 is 10.0 Å². The summed E-state index contributed by atoms with van der Waals surface area (Å²) in [5.41, 5.74) is 0. The smallest absolute Gasteiger partial charge is 0.243 e. The number of sulfonamides is 1. The molecule has 0 aliphatic heterocycles. The van der Waals surface area contributed by atoms with E-state index >= 15 is 0 Å². The zero-order valence-corrected chi connectivity index (χ0v) is 14.9. The molecular formula is C14H21BrN2O3S. The Hall–Kier alpha value is -0.920. The van der Waals surface area contributed by atoms with E-state index in [0.717, 1.165) is 4.47 Å². The summed E-state index contributed by atoms with van der Waals surface area (Å²) in [6.07, 6.45) is 0. The minimum absolute atomic E-state index is 0.128. The van der Waals surface area contributed by atoms with Gasteiger partial charge < -0.3 is 4.90 Å². The number of carbonyl (C=O) groups excluding carboxylic acids is 1. The van der Waals surface area contributed by atoms with Gasteiger partial charge in [0.25, 0.3) is 0 Å². The molecule has 0 aliphatic rings. The molecule has 0 saturated carbocycles. The van der Waals surface area contributed by atoms with Crippen molar-refractivity contribution in [2.75, 3.05) is 26.2 Å². The van der Waals surface area contributed by atoms with Crippen LogP contribution in [0.4, 0.5) is 0 Å². The van der Waals surface area contributed by atoms with E-state index in [1.165, 1.54) is 16.4 Å². The predicted molar refractivity (Wildman–Crippen MR) is 86.5 cm³/mol. The number of benzene rings is 1. The van der Waals surface area contributed by atoms with Crippen LogP contribution >= 0.6 is 15.9 Å². The summed E-state index contributed by atoms with van der Waals surface area (Å²) >= 11 is 3.28. The zero-order valence-electron chi connectivity index (χ0n) is 12.5. The van der Waals surface area contributed by atoms with Gasteiger partial charge >= 0.3 is 0 Å². The first kappa shape index (κ1) is 18.1. The fourth-order valence-corrected chi connectivity index (χ4v) is 3.61. The van der Waals surface area contributed by atoms with Gasteiger partial charge in [-0.15, -0.1) is 0 Å². The lowest BCUT2D eigenvalue weighted by atomic mass is 10.4. The highest BCUT2D eigenvalue weighted by Crippen LogP contribution is 2.18. The highest BCUT2D eigenvalue weighted by Gasteiger charge is 2.26. The molecule has 0 atom stereocenters. The molecule has 0 heterocycles. The lowest BCUT2D eigenvalue weighted by Gasteiger charge is -2.24. The van der Waals surface area contributed by atoms with Crippen LogP contribution in [0.25, 0.3) is 0 Å². The molecule has 118 valence electrons. The van der Waals surface area contributed by atoms with Gasteiger partial charge in [0.2, 0.25) is 15.9 Å². The summed E-state index contributed by atoms with van der Waals surface area (Å²) in [7, 11) is -3.65. The van der Waals surface area contributed by atoms with Crippen molar-refractivity contribution < 1.29 is 13.2 Å². The fraction of sp³-hybridized carbons (Fsp3) is 0.500. The number of amides is 1. The van der Waals surface area contributed by atoms with Gasteiger partial charge in [-0.2, -0.15) is 4.31 Å². The van der Waals surface area contributed by atoms with E-state index in [2.05, 4.69) is 15.9 Å². The predicted octanol–water partition coefficient (Wildman–Crippen LogP) is 2.33. The van der Waals surface area contributed by atoms with Crippen LogP contribution in [-0.2, 0) is 14.8 Å². The van der Waals surface area contributed by atoms with Gasteiger partial charge in [0.1, 0.15) is 0 Å². The van der Waals surface area contributed by atoms with E-state index in [1.54, 1.807) is 24.0 Å². The third kappa shape index (κ3) is 4.52. The lowest BCUT2D eigenvalue weighted by molar-refractivity contribution is -0.131. The number of halogens is 1. The summed E-state index contributed by atoms with van der Waals surface area (Å²) in [5.74, 6) is -0.178. The number of nitrogens with zero attached hydrogens (tertiary/aromatic N) is 2. The quantitative estimate of drug-likeness (QED) is 0.733. The topological polar surface area (TPSA) is 57.7 Å². The van der Waals surface area contributed by atoms with Gasteiger partial charge in [-0.1, -0.05) is 22.9 Å². The molecule has 0 radical (unpaired) electrons. The van der Waals surface area contributed by atoms with Gasteiger partial charge in [-0.25, -0.2) is 8.42 Å². The van der Waals surface area contributed by atoms with Crippen molar-refractivity contribution in [3.63, 3.8) is 0 Å². The maximum atomic E-state index is 12.5. The minimum Gasteiger partial charge on any atom is -0.342 e. The van der Waals surface area contributed by atoms with Gasteiger partial charge in [-0.3, -0.25) is 4.79 Å². The Morgan fingerprint density at radius 2 is 1.57 bits per heavy atom.